The Morgan fingerprint density at radius 3 is 2.57 bits per heavy atom. The predicted molar refractivity (Wildman–Crippen MR) is 81.4 cm³/mol. The van der Waals surface area contributed by atoms with Crippen LogP contribution < -0.4 is 5.32 Å². The third-order valence-electron chi connectivity index (χ3n) is 3.92. The summed E-state index contributed by atoms with van der Waals surface area (Å²) in [7, 11) is 4.14. The second kappa shape index (κ2) is 8.19. The molecule has 2 N–H and O–H groups in total. The van der Waals surface area contributed by atoms with Crippen molar-refractivity contribution in [2.24, 2.45) is 0 Å². The molecule has 0 aliphatic carbocycles. The molecule has 0 bridgehead atoms. The van der Waals surface area contributed by atoms with Gasteiger partial charge >= 0.3 is 12.0 Å². The van der Waals surface area contributed by atoms with Crippen molar-refractivity contribution in [3.63, 3.8) is 0 Å². The van der Waals surface area contributed by atoms with Crippen LogP contribution in [0.25, 0.3) is 0 Å². The Morgan fingerprint density at radius 2 is 2.00 bits per heavy atom. The summed E-state index contributed by atoms with van der Waals surface area (Å²) in [4.78, 5) is 28.9. The normalized spacial score (nSPS) is 20.5. The van der Waals surface area contributed by atoms with Crippen LogP contribution in [0.1, 0.15) is 20.3 Å². The Morgan fingerprint density at radius 1 is 1.33 bits per heavy atom. The molecule has 0 saturated carbocycles. The number of hydrogen-bond donors (Lipinski definition) is 2. The number of amides is 2. The van der Waals surface area contributed by atoms with E-state index in [1.54, 1.807) is 4.90 Å². The molecule has 1 saturated heterocycles. The highest BCUT2D eigenvalue weighted by Crippen LogP contribution is 2.06. The van der Waals surface area contributed by atoms with E-state index in [9.17, 15) is 9.59 Å². The van der Waals surface area contributed by atoms with Gasteiger partial charge in [-0.1, -0.05) is 0 Å². The van der Waals surface area contributed by atoms with Gasteiger partial charge < -0.3 is 20.2 Å². The Balaban J connectivity index is 2.47. The largest absolute Gasteiger partial charge is 0.481 e. The number of rotatable bonds is 6. The molecule has 0 aromatic carbocycles. The molecule has 1 fully saturated rings. The fourth-order valence-corrected chi connectivity index (χ4v) is 2.44. The molecule has 2 amide bonds. The first-order valence-corrected chi connectivity index (χ1v) is 7.46. The minimum Gasteiger partial charge on any atom is -0.481 e. The number of piperazine rings is 1. The van der Waals surface area contributed by atoms with Crippen LogP contribution in [0.15, 0.2) is 0 Å². The van der Waals surface area contributed by atoms with E-state index in [0.717, 1.165) is 19.6 Å². The van der Waals surface area contributed by atoms with Gasteiger partial charge in [0.1, 0.15) is 0 Å². The van der Waals surface area contributed by atoms with E-state index in [1.165, 1.54) is 0 Å². The van der Waals surface area contributed by atoms with E-state index in [4.69, 9.17) is 5.11 Å². The van der Waals surface area contributed by atoms with Crippen molar-refractivity contribution in [1.29, 1.82) is 0 Å². The van der Waals surface area contributed by atoms with Crippen LogP contribution in [0.5, 0.6) is 0 Å². The lowest BCUT2D eigenvalue weighted by atomic mass is 10.2. The lowest BCUT2D eigenvalue weighted by molar-refractivity contribution is -0.137. The van der Waals surface area contributed by atoms with E-state index in [2.05, 4.69) is 29.2 Å². The summed E-state index contributed by atoms with van der Waals surface area (Å²) in [6.45, 7) is 7.55. The first-order valence-electron chi connectivity index (χ1n) is 7.46. The number of aliphatic carboxylic acids is 1. The Labute approximate surface area is 126 Å². The molecule has 122 valence electrons. The highest BCUT2D eigenvalue weighted by molar-refractivity contribution is 5.75. The van der Waals surface area contributed by atoms with Gasteiger partial charge in [0, 0.05) is 44.8 Å². The van der Waals surface area contributed by atoms with Crippen LogP contribution in [0.2, 0.25) is 0 Å². The van der Waals surface area contributed by atoms with Gasteiger partial charge in [0.05, 0.1) is 6.42 Å². The molecule has 1 aliphatic heterocycles. The highest BCUT2D eigenvalue weighted by Gasteiger charge is 2.24. The molecule has 7 heteroatoms. The van der Waals surface area contributed by atoms with E-state index in [0.29, 0.717) is 12.6 Å². The van der Waals surface area contributed by atoms with Gasteiger partial charge in [0.15, 0.2) is 0 Å². The number of likely N-dealkylation sites (N-methyl/N-ethyl adjacent to an activating group) is 2. The van der Waals surface area contributed by atoms with Crippen molar-refractivity contribution in [3.8, 4) is 0 Å². The van der Waals surface area contributed by atoms with Gasteiger partial charge in [0.2, 0.25) is 0 Å². The van der Waals surface area contributed by atoms with Crippen LogP contribution in [0, 0.1) is 0 Å². The standard InChI is InChI=1S/C14H28N4O3/c1-11(2)18(6-5-13(19)20)14(21)15-9-12-10-16(3)7-8-17(12)4/h11-12H,5-10H2,1-4H3,(H,15,21)(H,19,20). The van der Waals surface area contributed by atoms with Crippen molar-refractivity contribution in [2.75, 3.05) is 46.8 Å². The van der Waals surface area contributed by atoms with Crippen molar-refractivity contribution in [1.82, 2.24) is 20.0 Å². The highest BCUT2D eigenvalue weighted by atomic mass is 16.4. The van der Waals surface area contributed by atoms with Crippen molar-refractivity contribution >= 4 is 12.0 Å². The van der Waals surface area contributed by atoms with Gasteiger partial charge in [-0.3, -0.25) is 9.69 Å². The lowest BCUT2D eigenvalue weighted by Crippen LogP contribution is -2.56. The number of nitrogens with zero attached hydrogens (tertiary/aromatic N) is 3. The Kier molecular flexibility index (Phi) is 6.91. The zero-order chi connectivity index (χ0) is 16.0. The summed E-state index contributed by atoms with van der Waals surface area (Å²) in [5.41, 5.74) is 0. The number of hydrogen-bond acceptors (Lipinski definition) is 4. The van der Waals surface area contributed by atoms with Crippen LogP contribution >= 0.6 is 0 Å². The molecular formula is C14H28N4O3. The number of nitrogens with one attached hydrogen (secondary N) is 1. The maximum absolute atomic E-state index is 12.2. The van der Waals surface area contributed by atoms with Gasteiger partial charge in [-0.15, -0.1) is 0 Å². The van der Waals surface area contributed by atoms with E-state index < -0.39 is 5.97 Å². The van der Waals surface area contributed by atoms with Crippen LogP contribution in [0.3, 0.4) is 0 Å². The van der Waals surface area contributed by atoms with Crippen molar-refractivity contribution in [2.45, 2.75) is 32.4 Å². The minimum absolute atomic E-state index is 0.0175. The summed E-state index contributed by atoms with van der Waals surface area (Å²) in [5.74, 6) is -0.887. The molecule has 0 aromatic rings. The summed E-state index contributed by atoms with van der Waals surface area (Å²) < 4.78 is 0. The summed E-state index contributed by atoms with van der Waals surface area (Å²) in [5, 5.41) is 11.7. The maximum atomic E-state index is 12.2. The zero-order valence-electron chi connectivity index (χ0n) is 13.5. The molecule has 7 nitrogen and oxygen atoms in total. The van der Waals surface area contributed by atoms with Crippen LogP contribution in [-0.2, 0) is 4.79 Å². The number of carbonyl (C=O) groups is 2. The second-order valence-corrected chi connectivity index (χ2v) is 6.01. The SMILES string of the molecule is CC(C)N(CCC(=O)O)C(=O)NCC1CN(C)CCN1C. The first kappa shape index (κ1) is 17.7. The summed E-state index contributed by atoms with van der Waals surface area (Å²) in [6, 6.07) is 0.0881. The molecule has 0 aromatic heterocycles. The number of carboxylic acids is 1. The second-order valence-electron chi connectivity index (χ2n) is 6.01. The Hall–Kier alpha value is -1.34. The van der Waals surface area contributed by atoms with Gasteiger partial charge in [0.25, 0.3) is 0 Å². The molecule has 1 rings (SSSR count). The van der Waals surface area contributed by atoms with Gasteiger partial charge in [-0.2, -0.15) is 0 Å². The fraction of sp³-hybridized carbons (Fsp3) is 0.857. The Bertz CT molecular complexity index is 362. The molecular weight excluding hydrogens is 272 g/mol. The lowest BCUT2D eigenvalue weighted by Gasteiger charge is -2.38. The summed E-state index contributed by atoms with van der Waals surface area (Å²) in [6.07, 6.45) is -0.0301. The monoisotopic (exact) mass is 300 g/mol. The number of urea groups is 1. The van der Waals surface area contributed by atoms with Crippen LogP contribution in [0.4, 0.5) is 4.79 Å². The number of carboxylic acid groups (broad SMARTS) is 1. The molecule has 0 radical (unpaired) electrons. The average Bonchev–Trinajstić information content (AvgIpc) is 2.39. The smallest absolute Gasteiger partial charge is 0.317 e. The molecule has 21 heavy (non-hydrogen) atoms. The van der Waals surface area contributed by atoms with Crippen molar-refractivity contribution < 1.29 is 14.7 Å². The van der Waals surface area contributed by atoms with E-state index in [1.807, 2.05) is 13.8 Å². The molecule has 1 atom stereocenters. The van der Waals surface area contributed by atoms with E-state index in [-0.39, 0.29) is 25.0 Å². The predicted octanol–water partition coefficient (Wildman–Crippen LogP) is 0.127. The maximum Gasteiger partial charge on any atom is 0.317 e. The molecule has 1 aliphatic rings. The zero-order valence-corrected chi connectivity index (χ0v) is 13.5. The topological polar surface area (TPSA) is 76.1 Å². The molecule has 0 spiro atoms. The van der Waals surface area contributed by atoms with Crippen molar-refractivity contribution in [3.05, 3.63) is 0 Å². The van der Waals surface area contributed by atoms with Crippen LogP contribution in [-0.4, -0.2) is 90.7 Å². The first-order chi connectivity index (χ1) is 9.81. The van der Waals surface area contributed by atoms with Gasteiger partial charge in [-0.25, -0.2) is 4.79 Å². The third kappa shape index (κ3) is 5.89. The van der Waals surface area contributed by atoms with Gasteiger partial charge in [-0.05, 0) is 27.9 Å². The van der Waals surface area contributed by atoms with E-state index >= 15 is 0 Å². The average molecular weight is 300 g/mol. The number of carbonyl (C=O) groups excluding carboxylic acids is 1. The minimum atomic E-state index is -0.887. The molecule has 1 unspecified atom stereocenters. The molecule has 1 heterocycles. The fourth-order valence-electron chi connectivity index (χ4n) is 2.44. The summed E-state index contributed by atoms with van der Waals surface area (Å²) >= 11 is 0. The quantitative estimate of drug-likeness (QED) is 0.729. The third-order valence-corrected chi connectivity index (χ3v) is 3.92.